The summed E-state index contributed by atoms with van der Waals surface area (Å²) in [5.74, 6) is 0. The molecule has 1 saturated heterocycles. The molecule has 1 aliphatic rings. The van der Waals surface area contributed by atoms with Gasteiger partial charge in [-0.3, -0.25) is 0 Å². The summed E-state index contributed by atoms with van der Waals surface area (Å²) in [5, 5.41) is 7.33. The number of urea groups is 1. The number of benzene rings is 1. The minimum atomic E-state index is -0.107. The van der Waals surface area contributed by atoms with Gasteiger partial charge in [0.2, 0.25) is 0 Å². The van der Waals surface area contributed by atoms with Crippen molar-refractivity contribution in [2.75, 3.05) is 19.6 Å². The van der Waals surface area contributed by atoms with Crippen LogP contribution in [0.2, 0.25) is 0 Å². The average molecular weight is 341 g/mol. The molecule has 25 heavy (non-hydrogen) atoms. The highest BCUT2D eigenvalue weighted by atomic mass is 16.2. The maximum absolute atomic E-state index is 12.6. The summed E-state index contributed by atoms with van der Waals surface area (Å²) in [6.07, 6.45) is 5.29. The van der Waals surface area contributed by atoms with Gasteiger partial charge in [0, 0.05) is 25.0 Å². The SMILES string of the molecule is Cc1ccc(C(C)(C)CNC(=O)N2CCCC(n3cncn3)C2)cc1. The Hall–Kier alpha value is -2.37. The van der Waals surface area contributed by atoms with E-state index in [0.717, 1.165) is 19.4 Å². The first kappa shape index (κ1) is 17.5. The predicted molar refractivity (Wildman–Crippen MR) is 97.5 cm³/mol. The molecule has 0 saturated carbocycles. The topological polar surface area (TPSA) is 63.1 Å². The van der Waals surface area contributed by atoms with Gasteiger partial charge in [-0.05, 0) is 25.3 Å². The lowest BCUT2D eigenvalue weighted by molar-refractivity contribution is 0.161. The Kier molecular flexibility index (Phi) is 5.06. The number of amides is 2. The summed E-state index contributed by atoms with van der Waals surface area (Å²) >= 11 is 0. The van der Waals surface area contributed by atoms with Crippen LogP contribution in [0.4, 0.5) is 4.79 Å². The first-order chi connectivity index (χ1) is 12.0. The number of likely N-dealkylation sites (tertiary alicyclic amines) is 1. The molecule has 1 atom stereocenters. The van der Waals surface area contributed by atoms with E-state index >= 15 is 0 Å². The van der Waals surface area contributed by atoms with Gasteiger partial charge >= 0.3 is 6.03 Å². The number of hydrogen-bond donors (Lipinski definition) is 1. The van der Waals surface area contributed by atoms with Crippen LogP contribution in [0.25, 0.3) is 0 Å². The summed E-state index contributed by atoms with van der Waals surface area (Å²) in [4.78, 5) is 18.5. The fourth-order valence-corrected chi connectivity index (χ4v) is 3.28. The van der Waals surface area contributed by atoms with Crippen LogP contribution in [0.5, 0.6) is 0 Å². The number of carbonyl (C=O) groups excluding carboxylic acids is 1. The number of hydrogen-bond acceptors (Lipinski definition) is 3. The zero-order valence-corrected chi connectivity index (χ0v) is 15.3. The number of piperidine rings is 1. The van der Waals surface area contributed by atoms with Crippen molar-refractivity contribution in [1.82, 2.24) is 25.0 Å². The van der Waals surface area contributed by atoms with Crippen LogP contribution in [0, 0.1) is 6.92 Å². The van der Waals surface area contributed by atoms with Gasteiger partial charge in [0.25, 0.3) is 0 Å². The molecule has 2 aromatic rings. The third-order valence-corrected chi connectivity index (χ3v) is 5.01. The van der Waals surface area contributed by atoms with E-state index in [0.29, 0.717) is 13.1 Å². The quantitative estimate of drug-likeness (QED) is 0.930. The van der Waals surface area contributed by atoms with Crippen molar-refractivity contribution in [3.63, 3.8) is 0 Å². The molecule has 3 rings (SSSR count). The van der Waals surface area contributed by atoms with Crippen molar-refractivity contribution < 1.29 is 4.79 Å². The zero-order valence-electron chi connectivity index (χ0n) is 15.3. The lowest BCUT2D eigenvalue weighted by Gasteiger charge is -2.34. The molecular weight excluding hydrogens is 314 g/mol. The molecule has 2 heterocycles. The van der Waals surface area contributed by atoms with Crippen molar-refractivity contribution >= 4 is 6.03 Å². The number of nitrogens with one attached hydrogen (secondary N) is 1. The Bertz CT molecular complexity index is 693. The average Bonchev–Trinajstić information content (AvgIpc) is 3.15. The number of aromatic nitrogens is 3. The van der Waals surface area contributed by atoms with Crippen LogP contribution in [0.3, 0.4) is 0 Å². The summed E-state index contributed by atoms with van der Waals surface area (Å²) in [6.45, 7) is 8.49. The maximum atomic E-state index is 12.6. The number of aryl methyl sites for hydroxylation is 1. The third-order valence-electron chi connectivity index (χ3n) is 5.01. The van der Waals surface area contributed by atoms with Crippen molar-refractivity contribution in [2.24, 2.45) is 0 Å². The van der Waals surface area contributed by atoms with E-state index in [1.54, 1.807) is 12.7 Å². The molecule has 1 aromatic heterocycles. The summed E-state index contributed by atoms with van der Waals surface area (Å²) in [5.41, 5.74) is 2.37. The van der Waals surface area contributed by atoms with Gasteiger partial charge < -0.3 is 10.2 Å². The maximum Gasteiger partial charge on any atom is 0.317 e. The van der Waals surface area contributed by atoms with Gasteiger partial charge in [0.1, 0.15) is 12.7 Å². The molecule has 1 fully saturated rings. The molecular formula is C19H27N5O. The molecule has 1 unspecified atom stereocenters. The smallest absolute Gasteiger partial charge is 0.317 e. The minimum absolute atomic E-state index is 0.00463. The van der Waals surface area contributed by atoms with Gasteiger partial charge in [-0.1, -0.05) is 43.7 Å². The molecule has 134 valence electrons. The Morgan fingerprint density at radius 2 is 2.08 bits per heavy atom. The highest BCUT2D eigenvalue weighted by Gasteiger charge is 2.27. The normalized spacial score (nSPS) is 18.2. The predicted octanol–water partition coefficient (Wildman–Crippen LogP) is 2.91. The van der Waals surface area contributed by atoms with Gasteiger partial charge in [0.05, 0.1) is 6.04 Å². The Labute approximate surface area is 149 Å². The van der Waals surface area contributed by atoms with Crippen molar-refractivity contribution in [3.8, 4) is 0 Å². The van der Waals surface area contributed by atoms with Gasteiger partial charge in [-0.25, -0.2) is 14.5 Å². The van der Waals surface area contributed by atoms with E-state index in [2.05, 4.69) is 60.4 Å². The Morgan fingerprint density at radius 3 is 2.76 bits per heavy atom. The fourth-order valence-electron chi connectivity index (χ4n) is 3.28. The zero-order chi connectivity index (χ0) is 17.9. The van der Waals surface area contributed by atoms with Crippen LogP contribution < -0.4 is 5.32 Å². The molecule has 0 aliphatic carbocycles. The number of carbonyl (C=O) groups is 1. The van der Waals surface area contributed by atoms with Gasteiger partial charge in [0.15, 0.2) is 0 Å². The van der Waals surface area contributed by atoms with E-state index in [4.69, 9.17) is 0 Å². The number of nitrogens with zero attached hydrogens (tertiary/aromatic N) is 4. The molecule has 6 nitrogen and oxygen atoms in total. The fraction of sp³-hybridized carbons (Fsp3) is 0.526. The molecule has 0 spiro atoms. The first-order valence-corrected chi connectivity index (χ1v) is 8.90. The van der Waals surface area contributed by atoms with Crippen molar-refractivity contribution in [2.45, 2.75) is 45.1 Å². The molecule has 6 heteroatoms. The minimum Gasteiger partial charge on any atom is -0.337 e. The van der Waals surface area contributed by atoms with Crippen molar-refractivity contribution in [1.29, 1.82) is 0 Å². The van der Waals surface area contributed by atoms with E-state index in [1.165, 1.54) is 11.1 Å². The van der Waals surface area contributed by atoms with Crippen LogP contribution in [-0.4, -0.2) is 45.3 Å². The summed E-state index contributed by atoms with van der Waals surface area (Å²) < 4.78 is 1.86. The molecule has 2 amide bonds. The lowest BCUT2D eigenvalue weighted by Crippen LogP contribution is -2.48. The van der Waals surface area contributed by atoms with Crippen LogP contribution in [0.15, 0.2) is 36.9 Å². The summed E-state index contributed by atoms with van der Waals surface area (Å²) in [7, 11) is 0. The standard InChI is InChI=1S/C19H27N5O/c1-15-6-8-16(9-7-15)19(2,3)12-21-18(25)23-10-4-5-17(11-23)24-14-20-13-22-24/h6-9,13-14,17H,4-5,10-12H2,1-3H3,(H,21,25). The van der Waals surface area contributed by atoms with E-state index < -0.39 is 0 Å². The monoisotopic (exact) mass is 341 g/mol. The molecule has 0 radical (unpaired) electrons. The molecule has 1 aromatic carbocycles. The van der Waals surface area contributed by atoms with Crippen molar-refractivity contribution in [3.05, 3.63) is 48.0 Å². The molecule has 1 N–H and O–H groups in total. The van der Waals surface area contributed by atoms with Crippen LogP contribution >= 0.6 is 0 Å². The second kappa shape index (κ2) is 7.25. The van der Waals surface area contributed by atoms with E-state index in [1.807, 2.05) is 9.58 Å². The Morgan fingerprint density at radius 1 is 1.32 bits per heavy atom. The van der Waals surface area contributed by atoms with Crippen LogP contribution in [0.1, 0.15) is 43.9 Å². The van der Waals surface area contributed by atoms with Gasteiger partial charge in [-0.15, -0.1) is 0 Å². The highest BCUT2D eigenvalue weighted by molar-refractivity contribution is 5.74. The third kappa shape index (κ3) is 4.18. The molecule has 0 bridgehead atoms. The van der Waals surface area contributed by atoms with E-state index in [9.17, 15) is 4.79 Å². The Balaban J connectivity index is 1.57. The summed E-state index contributed by atoms with van der Waals surface area (Å²) in [6, 6.07) is 8.74. The second-order valence-corrected chi connectivity index (χ2v) is 7.53. The lowest BCUT2D eigenvalue weighted by atomic mass is 9.84. The second-order valence-electron chi connectivity index (χ2n) is 7.53. The highest BCUT2D eigenvalue weighted by Crippen LogP contribution is 2.23. The molecule has 1 aliphatic heterocycles. The number of rotatable bonds is 4. The van der Waals surface area contributed by atoms with Crippen LogP contribution in [-0.2, 0) is 5.41 Å². The van der Waals surface area contributed by atoms with E-state index in [-0.39, 0.29) is 17.5 Å². The first-order valence-electron chi connectivity index (χ1n) is 8.90. The van der Waals surface area contributed by atoms with Gasteiger partial charge in [-0.2, -0.15) is 5.10 Å². The largest absolute Gasteiger partial charge is 0.337 e.